The van der Waals surface area contributed by atoms with E-state index in [2.05, 4.69) is 10.3 Å². The molecule has 0 aliphatic carbocycles. The summed E-state index contributed by atoms with van der Waals surface area (Å²) in [5, 5.41) is 4.18. The normalized spacial score (nSPS) is 12.0. The van der Waals surface area contributed by atoms with Gasteiger partial charge in [-0.05, 0) is 42.0 Å². The molecule has 11 heteroatoms. The van der Waals surface area contributed by atoms with Crippen molar-refractivity contribution < 1.29 is 18.0 Å². The Kier molecular flexibility index (Phi) is 7.33. The number of carbonyl (C=O) groups excluding carboxylic acids is 1. The molecule has 1 amide bonds. The molecule has 0 aliphatic rings. The van der Waals surface area contributed by atoms with Gasteiger partial charge in [0.25, 0.3) is 5.56 Å². The summed E-state index contributed by atoms with van der Waals surface area (Å²) in [6, 6.07) is 4.92. The third-order valence-corrected chi connectivity index (χ3v) is 6.55. The first-order valence-corrected chi connectivity index (χ1v) is 11.6. The van der Waals surface area contributed by atoms with Gasteiger partial charge in [-0.2, -0.15) is 13.2 Å². The first-order chi connectivity index (χ1) is 14.6. The van der Waals surface area contributed by atoms with Crippen LogP contribution in [0, 0.1) is 5.92 Å². The molecule has 0 saturated heterocycles. The fourth-order valence-corrected chi connectivity index (χ4v) is 4.59. The number of amides is 1. The van der Waals surface area contributed by atoms with Crippen molar-refractivity contribution in [2.24, 2.45) is 5.92 Å². The van der Waals surface area contributed by atoms with Crippen molar-refractivity contribution in [1.82, 2.24) is 9.55 Å². The van der Waals surface area contributed by atoms with E-state index < -0.39 is 22.7 Å². The molecular formula is C20H19ClF3N3O2S2. The van der Waals surface area contributed by atoms with Crippen LogP contribution >= 0.6 is 34.7 Å². The lowest BCUT2D eigenvalue weighted by atomic mass is 10.1. The van der Waals surface area contributed by atoms with Crippen LogP contribution in [0.1, 0.15) is 25.8 Å². The zero-order valence-electron chi connectivity index (χ0n) is 16.6. The van der Waals surface area contributed by atoms with Crippen molar-refractivity contribution in [3.8, 4) is 0 Å². The number of thiophene rings is 1. The van der Waals surface area contributed by atoms with E-state index in [1.54, 1.807) is 16.0 Å². The van der Waals surface area contributed by atoms with Crippen LogP contribution in [-0.2, 0) is 17.5 Å². The van der Waals surface area contributed by atoms with E-state index in [0.717, 1.165) is 30.3 Å². The molecule has 0 atom stereocenters. The van der Waals surface area contributed by atoms with Crippen LogP contribution in [0.2, 0.25) is 5.02 Å². The Morgan fingerprint density at radius 1 is 1.32 bits per heavy atom. The largest absolute Gasteiger partial charge is 0.417 e. The number of halogens is 4. The second-order valence-corrected chi connectivity index (χ2v) is 9.46. The van der Waals surface area contributed by atoms with Crippen molar-refractivity contribution >= 4 is 56.5 Å². The molecule has 2 heterocycles. The van der Waals surface area contributed by atoms with E-state index in [-0.39, 0.29) is 17.0 Å². The number of nitrogens with zero attached hydrogens (tertiary/aromatic N) is 2. The van der Waals surface area contributed by atoms with Crippen LogP contribution < -0.4 is 10.9 Å². The lowest BCUT2D eigenvalue weighted by Crippen LogP contribution is -2.24. The molecule has 0 aliphatic heterocycles. The van der Waals surface area contributed by atoms with Crippen LogP contribution in [-0.4, -0.2) is 21.2 Å². The van der Waals surface area contributed by atoms with Gasteiger partial charge in [0.05, 0.1) is 21.9 Å². The van der Waals surface area contributed by atoms with Gasteiger partial charge in [0.1, 0.15) is 4.70 Å². The summed E-state index contributed by atoms with van der Waals surface area (Å²) in [5.74, 6) is -0.261. The number of carbonyl (C=O) groups is 1. The molecule has 0 fully saturated rings. The fourth-order valence-electron chi connectivity index (χ4n) is 2.77. The van der Waals surface area contributed by atoms with Crippen molar-refractivity contribution in [2.75, 3.05) is 11.1 Å². The van der Waals surface area contributed by atoms with Gasteiger partial charge in [-0.3, -0.25) is 14.2 Å². The highest BCUT2D eigenvalue weighted by Crippen LogP contribution is 2.36. The van der Waals surface area contributed by atoms with E-state index in [9.17, 15) is 22.8 Å². The molecule has 0 bridgehead atoms. The predicted molar refractivity (Wildman–Crippen MR) is 119 cm³/mol. The highest BCUT2D eigenvalue weighted by atomic mass is 35.5. The molecular weight excluding hydrogens is 471 g/mol. The lowest BCUT2D eigenvalue weighted by molar-refractivity contribution is -0.137. The first-order valence-electron chi connectivity index (χ1n) is 9.33. The number of benzene rings is 1. The topological polar surface area (TPSA) is 64.0 Å². The second-order valence-electron chi connectivity index (χ2n) is 7.20. The molecule has 5 nitrogen and oxygen atoms in total. The highest BCUT2D eigenvalue weighted by Gasteiger charge is 2.33. The fraction of sp³-hybridized carbons (Fsp3) is 0.350. The van der Waals surface area contributed by atoms with Crippen molar-refractivity contribution in [2.45, 2.75) is 38.1 Å². The number of hydrogen-bond acceptors (Lipinski definition) is 5. The van der Waals surface area contributed by atoms with E-state index in [4.69, 9.17) is 11.6 Å². The smallest absolute Gasteiger partial charge is 0.325 e. The third kappa shape index (κ3) is 5.81. The molecule has 3 rings (SSSR count). The number of thioether (sulfide) groups is 1. The molecule has 0 radical (unpaired) electrons. The molecule has 2 aromatic heterocycles. The molecule has 166 valence electrons. The first kappa shape index (κ1) is 23.6. The Labute approximate surface area is 189 Å². The quantitative estimate of drug-likeness (QED) is 0.331. The number of aromatic nitrogens is 2. The summed E-state index contributed by atoms with van der Waals surface area (Å²) in [5.41, 5.74) is -0.630. The molecule has 3 aromatic rings. The van der Waals surface area contributed by atoms with Gasteiger partial charge in [-0.25, -0.2) is 4.98 Å². The Balaban J connectivity index is 1.77. The third-order valence-electron chi connectivity index (χ3n) is 4.35. The summed E-state index contributed by atoms with van der Waals surface area (Å²) in [4.78, 5) is 29.7. The second kappa shape index (κ2) is 9.62. The van der Waals surface area contributed by atoms with Crippen LogP contribution in [0.5, 0.6) is 0 Å². The summed E-state index contributed by atoms with van der Waals surface area (Å²) in [6.07, 6.45) is -3.86. The van der Waals surface area contributed by atoms with E-state index >= 15 is 0 Å². The predicted octanol–water partition coefficient (Wildman–Crippen LogP) is 5.91. The van der Waals surface area contributed by atoms with E-state index in [1.165, 1.54) is 17.4 Å². The highest BCUT2D eigenvalue weighted by molar-refractivity contribution is 7.99. The summed E-state index contributed by atoms with van der Waals surface area (Å²) >= 11 is 7.99. The number of rotatable bonds is 7. The lowest BCUT2D eigenvalue weighted by Gasteiger charge is -2.14. The van der Waals surface area contributed by atoms with Gasteiger partial charge < -0.3 is 5.32 Å². The van der Waals surface area contributed by atoms with E-state index in [0.29, 0.717) is 27.8 Å². The van der Waals surface area contributed by atoms with E-state index in [1.807, 2.05) is 13.8 Å². The zero-order chi connectivity index (χ0) is 22.8. The summed E-state index contributed by atoms with van der Waals surface area (Å²) in [7, 11) is 0. The van der Waals surface area contributed by atoms with Crippen LogP contribution in [0.4, 0.5) is 18.9 Å². The number of hydrogen-bond donors (Lipinski definition) is 1. The van der Waals surface area contributed by atoms with Gasteiger partial charge in [-0.15, -0.1) is 11.3 Å². The Morgan fingerprint density at radius 2 is 2.06 bits per heavy atom. The molecule has 1 N–H and O–H groups in total. The van der Waals surface area contributed by atoms with Crippen molar-refractivity contribution in [1.29, 1.82) is 0 Å². The monoisotopic (exact) mass is 489 g/mol. The number of anilines is 1. The minimum Gasteiger partial charge on any atom is -0.325 e. The number of alkyl halides is 3. The summed E-state index contributed by atoms with van der Waals surface area (Å²) in [6.45, 7) is 4.56. The molecule has 31 heavy (non-hydrogen) atoms. The van der Waals surface area contributed by atoms with Gasteiger partial charge in [0.2, 0.25) is 5.91 Å². The maximum absolute atomic E-state index is 13.0. The number of fused-ring (bicyclic) bond motifs is 1. The van der Waals surface area contributed by atoms with Gasteiger partial charge >= 0.3 is 6.18 Å². The number of nitrogens with one attached hydrogen (secondary N) is 1. The molecule has 0 unspecified atom stereocenters. The average Bonchev–Trinajstić information content (AvgIpc) is 3.15. The van der Waals surface area contributed by atoms with Crippen LogP contribution in [0.25, 0.3) is 10.2 Å². The molecule has 0 spiro atoms. The standard InChI is InChI=1S/C20H19ClF3N3O2S2/c1-11(2)5-7-27-18(29)17-15(6-8-30-17)26-19(27)31-10-16(28)25-12-3-4-14(21)13(9-12)20(22,23)24/h3-4,6,8-9,11H,5,7,10H2,1-2H3,(H,25,28). The van der Waals surface area contributed by atoms with Gasteiger partial charge in [-0.1, -0.05) is 37.2 Å². The SMILES string of the molecule is CC(C)CCn1c(SCC(=O)Nc2ccc(Cl)c(C(F)(F)F)c2)nc2ccsc2c1=O. The summed E-state index contributed by atoms with van der Waals surface area (Å²) < 4.78 is 41.1. The Hall–Kier alpha value is -2.04. The van der Waals surface area contributed by atoms with Crippen LogP contribution in [0.3, 0.4) is 0 Å². The Morgan fingerprint density at radius 3 is 2.74 bits per heavy atom. The average molecular weight is 490 g/mol. The Bertz CT molecular complexity index is 1160. The molecule has 0 saturated carbocycles. The maximum atomic E-state index is 13.0. The maximum Gasteiger partial charge on any atom is 0.417 e. The minimum absolute atomic E-state index is 0.0132. The molecule has 1 aromatic carbocycles. The van der Waals surface area contributed by atoms with Crippen molar-refractivity contribution in [3.63, 3.8) is 0 Å². The minimum atomic E-state index is -4.63. The van der Waals surface area contributed by atoms with Crippen molar-refractivity contribution in [3.05, 3.63) is 50.6 Å². The van der Waals surface area contributed by atoms with Gasteiger partial charge in [0.15, 0.2) is 5.16 Å². The zero-order valence-corrected chi connectivity index (χ0v) is 19.0. The van der Waals surface area contributed by atoms with Gasteiger partial charge in [0, 0.05) is 12.2 Å². The van der Waals surface area contributed by atoms with Crippen LogP contribution in [0.15, 0.2) is 39.6 Å².